The molecule has 7 heteroatoms. The molecule has 2 heterocycles. The average molecular weight is 411 g/mol. The first kappa shape index (κ1) is 19.9. The van der Waals surface area contributed by atoms with Crippen molar-refractivity contribution in [2.24, 2.45) is 0 Å². The van der Waals surface area contributed by atoms with Crippen LogP contribution in [0.5, 0.6) is 0 Å². The van der Waals surface area contributed by atoms with Crippen LogP contribution in [0.25, 0.3) is 11.1 Å². The lowest BCUT2D eigenvalue weighted by Gasteiger charge is -2.32. The lowest BCUT2D eigenvalue weighted by atomic mass is 10.0. The third kappa shape index (κ3) is 4.01. The Hall–Kier alpha value is -3.35. The number of aldehydes is 1. The highest BCUT2D eigenvalue weighted by atomic mass is 19.4. The fraction of sp³-hybridized carbons (Fsp3) is 0.217. The van der Waals surface area contributed by atoms with Gasteiger partial charge in [-0.05, 0) is 36.2 Å². The van der Waals surface area contributed by atoms with Crippen molar-refractivity contribution in [3.8, 4) is 11.1 Å². The van der Waals surface area contributed by atoms with Gasteiger partial charge in [-0.25, -0.2) is 4.98 Å². The molecule has 0 saturated heterocycles. The Kier molecular flexibility index (Phi) is 5.20. The van der Waals surface area contributed by atoms with Crippen LogP contribution in [-0.4, -0.2) is 24.4 Å². The molecule has 0 aliphatic carbocycles. The highest BCUT2D eigenvalue weighted by molar-refractivity contribution is 5.81. The number of rotatable bonds is 4. The predicted molar refractivity (Wildman–Crippen MR) is 111 cm³/mol. The molecule has 1 N–H and O–H groups in total. The second kappa shape index (κ2) is 7.82. The quantitative estimate of drug-likeness (QED) is 0.590. The molecular weight excluding hydrogens is 391 g/mol. The third-order valence-electron chi connectivity index (χ3n) is 5.17. The summed E-state index contributed by atoms with van der Waals surface area (Å²) in [6.45, 7) is 3.06. The van der Waals surface area contributed by atoms with Crippen molar-refractivity contribution in [1.29, 1.82) is 0 Å². The minimum absolute atomic E-state index is 0.130. The van der Waals surface area contributed by atoms with Gasteiger partial charge in [0.05, 0.1) is 11.3 Å². The fourth-order valence-corrected chi connectivity index (χ4v) is 3.71. The van der Waals surface area contributed by atoms with Crippen LogP contribution in [0.15, 0.2) is 54.7 Å². The second-order valence-corrected chi connectivity index (χ2v) is 7.34. The van der Waals surface area contributed by atoms with Crippen molar-refractivity contribution in [1.82, 2.24) is 4.98 Å². The number of alkyl halides is 3. The Balaban J connectivity index is 1.72. The summed E-state index contributed by atoms with van der Waals surface area (Å²) in [6, 6.07) is 13.3. The first-order valence-electron chi connectivity index (χ1n) is 9.56. The number of nitrogens with zero attached hydrogens (tertiary/aromatic N) is 2. The summed E-state index contributed by atoms with van der Waals surface area (Å²) < 4.78 is 40.5. The van der Waals surface area contributed by atoms with Crippen LogP contribution in [0, 0.1) is 6.92 Å². The van der Waals surface area contributed by atoms with Gasteiger partial charge in [0.2, 0.25) is 0 Å². The number of aryl methyl sites for hydroxylation is 1. The molecule has 1 aliphatic rings. The van der Waals surface area contributed by atoms with E-state index in [0.717, 1.165) is 34.7 Å². The Morgan fingerprint density at radius 1 is 1.13 bits per heavy atom. The first-order chi connectivity index (χ1) is 14.3. The predicted octanol–water partition coefficient (Wildman–Crippen LogP) is 5.32. The molecule has 2 aromatic carbocycles. The molecule has 0 fully saturated rings. The van der Waals surface area contributed by atoms with Crippen LogP contribution < -0.4 is 10.2 Å². The third-order valence-corrected chi connectivity index (χ3v) is 5.17. The number of hydrogen-bond donors (Lipinski definition) is 1. The molecule has 1 aliphatic heterocycles. The van der Waals surface area contributed by atoms with Crippen LogP contribution in [0.3, 0.4) is 0 Å². The zero-order chi connectivity index (χ0) is 21.3. The van der Waals surface area contributed by atoms with E-state index in [9.17, 15) is 18.0 Å². The Morgan fingerprint density at radius 2 is 1.97 bits per heavy atom. The van der Waals surface area contributed by atoms with E-state index < -0.39 is 11.7 Å². The summed E-state index contributed by atoms with van der Waals surface area (Å²) in [5.74, 6) is 0.637. The fourth-order valence-electron chi connectivity index (χ4n) is 3.71. The molecule has 0 radical (unpaired) electrons. The van der Waals surface area contributed by atoms with Crippen LogP contribution in [0.2, 0.25) is 0 Å². The molecule has 30 heavy (non-hydrogen) atoms. The number of benzene rings is 2. The summed E-state index contributed by atoms with van der Waals surface area (Å²) in [7, 11) is 0. The second-order valence-electron chi connectivity index (χ2n) is 7.34. The Bertz CT molecular complexity index is 1100. The number of anilines is 2. The molecule has 3 aromatic rings. The molecule has 0 unspecified atom stereocenters. The molecule has 154 valence electrons. The first-order valence-corrected chi connectivity index (χ1v) is 9.56. The van der Waals surface area contributed by atoms with E-state index >= 15 is 0 Å². The van der Waals surface area contributed by atoms with Crippen molar-refractivity contribution in [3.05, 3.63) is 77.0 Å². The minimum atomic E-state index is -4.41. The van der Waals surface area contributed by atoms with Crippen molar-refractivity contribution >= 4 is 17.8 Å². The molecule has 0 atom stereocenters. The number of fused-ring (bicyclic) bond motifs is 1. The Labute approximate surface area is 172 Å². The summed E-state index contributed by atoms with van der Waals surface area (Å²) in [4.78, 5) is 17.5. The average Bonchev–Trinajstić information content (AvgIpc) is 2.73. The van der Waals surface area contributed by atoms with Gasteiger partial charge < -0.3 is 10.2 Å². The maximum Gasteiger partial charge on any atom is 0.416 e. The summed E-state index contributed by atoms with van der Waals surface area (Å²) >= 11 is 0. The van der Waals surface area contributed by atoms with E-state index in [1.165, 1.54) is 6.07 Å². The Morgan fingerprint density at radius 3 is 2.73 bits per heavy atom. The van der Waals surface area contributed by atoms with E-state index in [1.54, 1.807) is 37.4 Å². The summed E-state index contributed by atoms with van der Waals surface area (Å²) in [6.07, 6.45) is -1.93. The van der Waals surface area contributed by atoms with E-state index in [0.29, 0.717) is 24.5 Å². The molecule has 4 rings (SSSR count). The van der Waals surface area contributed by atoms with Crippen LogP contribution >= 0.6 is 0 Å². The van der Waals surface area contributed by atoms with Gasteiger partial charge in [-0.15, -0.1) is 0 Å². The lowest BCUT2D eigenvalue weighted by Crippen LogP contribution is -2.34. The van der Waals surface area contributed by atoms with E-state index in [4.69, 9.17) is 0 Å². The smallest absolute Gasteiger partial charge is 0.367 e. The van der Waals surface area contributed by atoms with E-state index in [2.05, 4.69) is 10.3 Å². The van der Waals surface area contributed by atoms with Gasteiger partial charge in [0.25, 0.3) is 0 Å². The van der Waals surface area contributed by atoms with E-state index in [-0.39, 0.29) is 12.1 Å². The zero-order valence-electron chi connectivity index (χ0n) is 16.3. The number of nitrogens with one attached hydrogen (secondary N) is 1. The van der Waals surface area contributed by atoms with Crippen molar-refractivity contribution < 1.29 is 18.0 Å². The topological polar surface area (TPSA) is 45.2 Å². The largest absolute Gasteiger partial charge is 0.416 e. The van der Waals surface area contributed by atoms with Gasteiger partial charge in [0.1, 0.15) is 12.1 Å². The normalized spacial score (nSPS) is 13.5. The number of carbonyl (C=O) groups excluding carboxylic acids is 1. The molecule has 1 aromatic heterocycles. The van der Waals surface area contributed by atoms with Gasteiger partial charge in [-0.1, -0.05) is 35.9 Å². The lowest BCUT2D eigenvalue weighted by molar-refractivity contribution is -0.138. The van der Waals surface area contributed by atoms with Crippen LogP contribution in [-0.2, 0) is 12.7 Å². The van der Waals surface area contributed by atoms with Gasteiger partial charge in [0.15, 0.2) is 0 Å². The van der Waals surface area contributed by atoms with Gasteiger partial charge >= 0.3 is 6.18 Å². The maximum atomic E-state index is 13.5. The van der Waals surface area contributed by atoms with Crippen LogP contribution in [0.1, 0.15) is 27.0 Å². The SMILES string of the molecule is Cc1ccc(C(F)(F)F)c(CN2CCNc3ncc(-c4cccc(C=O)c4)cc32)c1. The molecular formula is C23H20F3N3O. The highest BCUT2D eigenvalue weighted by Gasteiger charge is 2.34. The van der Waals surface area contributed by atoms with Crippen molar-refractivity contribution in [3.63, 3.8) is 0 Å². The number of aromatic nitrogens is 1. The molecule has 0 saturated carbocycles. The molecule has 0 bridgehead atoms. The highest BCUT2D eigenvalue weighted by Crippen LogP contribution is 2.36. The summed E-state index contributed by atoms with van der Waals surface area (Å²) in [5, 5.41) is 3.20. The van der Waals surface area contributed by atoms with E-state index in [1.807, 2.05) is 17.0 Å². The van der Waals surface area contributed by atoms with Crippen molar-refractivity contribution in [2.45, 2.75) is 19.6 Å². The number of pyridine rings is 1. The van der Waals surface area contributed by atoms with Crippen LogP contribution in [0.4, 0.5) is 24.7 Å². The molecule has 4 nitrogen and oxygen atoms in total. The minimum Gasteiger partial charge on any atom is -0.367 e. The number of carbonyl (C=O) groups is 1. The molecule has 0 amide bonds. The van der Waals surface area contributed by atoms with Crippen molar-refractivity contribution in [2.75, 3.05) is 23.3 Å². The standard InChI is InChI=1S/C23H20F3N3O/c1-15-5-6-20(23(24,25)26)19(9-15)13-29-8-7-27-22-21(29)11-18(12-28-22)17-4-2-3-16(10-17)14-30/h2-6,9-12,14H,7-8,13H2,1H3,(H,27,28). The number of halogens is 3. The maximum absolute atomic E-state index is 13.5. The van der Waals surface area contributed by atoms with Gasteiger partial charge in [-0.2, -0.15) is 13.2 Å². The van der Waals surface area contributed by atoms with Gasteiger partial charge in [0, 0.05) is 37.0 Å². The van der Waals surface area contributed by atoms with Gasteiger partial charge in [-0.3, -0.25) is 4.79 Å². The number of hydrogen-bond acceptors (Lipinski definition) is 4. The summed E-state index contributed by atoms with van der Waals surface area (Å²) in [5.41, 5.74) is 3.32. The zero-order valence-corrected chi connectivity index (χ0v) is 16.3. The molecule has 0 spiro atoms. The monoisotopic (exact) mass is 411 g/mol.